The van der Waals surface area contributed by atoms with Crippen LogP contribution < -0.4 is 0 Å². The van der Waals surface area contributed by atoms with Crippen LogP contribution in [0, 0.1) is 5.92 Å². The summed E-state index contributed by atoms with van der Waals surface area (Å²) in [5.41, 5.74) is 0. The van der Waals surface area contributed by atoms with E-state index < -0.39 is 16.1 Å². The number of hydrogen-bond donors (Lipinski definition) is 0. The van der Waals surface area contributed by atoms with Crippen molar-refractivity contribution in [2.24, 2.45) is 5.92 Å². The van der Waals surface area contributed by atoms with E-state index in [1.165, 1.54) is 29.8 Å². The minimum atomic E-state index is -3.25. The van der Waals surface area contributed by atoms with Crippen LogP contribution in [-0.2, 0) is 26.1 Å². The summed E-state index contributed by atoms with van der Waals surface area (Å²) in [4.78, 5) is 0. The lowest BCUT2D eigenvalue weighted by Gasteiger charge is -2.29. The van der Waals surface area contributed by atoms with Gasteiger partial charge in [-0.1, -0.05) is 19.8 Å². The number of sulfonamides is 1. The molecule has 3 atom stereocenters. The first-order valence-electron chi connectivity index (χ1n) is 8.44. The Morgan fingerprint density at radius 3 is 2.83 bits per heavy atom. The highest BCUT2D eigenvalue weighted by atomic mass is 32.2. The highest BCUT2D eigenvalue weighted by Crippen LogP contribution is 2.27. The standard InChI is InChI=1S/C15H25N3O5S/c1-11-5-3-4-6-12(11)22-10-14-16-17-15(23-14)13-9-18(7-8-21-13)24(2,19)20/h11-13H,3-10H2,1-2H3. The molecule has 2 heterocycles. The summed E-state index contributed by atoms with van der Waals surface area (Å²) < 4.78 is 41.8. The molecule has 0 bridgehead atoms. The molecule has 2 fully saturated rings. The van der Waals surface area contributed by atoms with E-state index in [1.807, 2.05) is 0 Å². The van der Waals surface area contributed by atoms with Crippen molar-refractivity contribution in [3.8, 4) is 0 Å². The fourth-order valence-corrected chi connectivity index (χ4v) is 4.05. The Morgan fingerprint density at radius 2 is 2.08 bits per heavy atom. The lowest BCUT2D eigenvalue weighted by Crippen LogP contribution is -2.41. The van der Waals surface area contributed by atoms with Gasteiger partial charge in [0.15, 0.2) is 0 Å². The summed E-state index contributed by atoms with van der Waals surface area (Å²) in [7, 11) is -3.25. The van der Waals surface area contributed by atoms with Gasteiger partial charge in [-0.25, -0.2) is 8.42 Å². The molecule has 1 saturated carbocycles. The molecule has 9 heteroatoms. The van der Waals surface area contributed by atoms with Crippen molar-refractivity contribution in [2.45, 2.75) is 51.4 Å². The molecule has 1 aliphatic heterocycles. The number of aromatic nitrogens is 2. The van der Waals surface area contributed by atoms with Crippen LogP contribution >= 0.6 is 0 Å². The van der Waals surface area contributed by atoms with E-state index in [-0.39, 0.29) is 19.3 Å². The van der Waals surface area contributed by atoms with Crippen molar-refractivity contribution in [1.82, 2.24) is 14.5 Å². The zero-order valence-corrected chi connectivity index (χ0v) is 15.0. The second kappa shape index (κ2) is 7.47. The Bertz CT molecular complexity index is 647. The van der Waals surface area contributed by atoms with Crippen molar-refractivity contribution >= 4 is 10.0 Å². The van der Waals surface area contributed by atoms with Gasteiger partial charge in [-0.3, -0.25) is 0 Å². The fourth-order valence-electron chi connectivity index (χ4n) is 3.24. The molecule has 0 N–H and O–H groups in total. The first-order valence-corrected chi connectivity index (χ1v) is 10.3. The Labute approximate surface area is 142 Å². The van der Waals surface area contributed by atoms with E-state index in [0.717, 1.165) is 6.42 Å². The molecule has 0 aromatic carbocycles. The number of nitrogens with zero attached hydrogens (tertiary/aromatic N) is 3. The van der Waals surface area contributed by atoms with Gasteiger partial charge >= 0.3 is 0 Å². The molecule has 0 spiro atoms. The third-order valence-electron chi connectivity index (χ3n) is 4.71. The van der Waals surface area contributed by atoms with Gasteiger partial charge in [0, 0.05) is 13.1 Å². The van der Waals surface area contributed by atoms with Crippen LogP contribution in [0.5, 0.6) is 0 Å². The zero-order valence-electron chi connectivity index (χ0n) is 14.2. The molecule has 8 nitrogen and oxygen atoms in total. The normalized spacial score (nSPS) is 29.7. The van der Waals surface area contributed by atoms with E-state index in [0.29, 0.717) is 30.9 Å². The minimum absolute atomic E-state index is 0.195. The molecule has 2 aliphatic rings. The Balaban J connectivity index is 1.57. The van der Waals surface area contributed by atoms with Gasteiger partial charge in [-0.05, 0) is 18.8 Å². The average molecular weight is 359 g/mol. The number of rotatable bonds is 5. The van der Waals surface area contributed by atoms with Crippen LogP contribution in [0.2, 0.25) is 0 Å². The SMILES string of the molecule is CC1CCCCC1OCc1nnc(C2CN(S(C)(=O)=O)CCO2)o1. The van der Waals surface area contributed by atoms with Gasteiger partial charge in [0.1, 0.15) is 12.7 Å². The second-order valence-corrected chi connectivity index (χ2v) is 8.61. The van der Waals surface area contributed by atoms with E-state index in [2.05, 4.69) is 17.1 Å². The molecule has 24 heavy (non-hydrogen) atoms. The van der Waals surface area contributed by atoms with Crippen molar-refractivity contribution in [1.29, 1.82) is 0 Å². The van der Waals surface area contributed by atoms with E-state index >= 15 is 0 Å². The van der Waals surface area contributed by atoms with Gasteiger partial charge < -0.3 is 13.9 Å². The van der Waals surface area contributed by atoms with Crippen LogP contribution in [0.3, 0.4) is 0 Å². The fraction of sp³-hybridized carbons (Fsp3) is 0.867. The first kappa shape index (κ1) is 17.8. The van der Waals surface area contributed by atoms with Gasteiger partial charge in [0.2, 0.25) is 21.8 Å². The predicted molar refractivity (Wildman–Crippen MR) is 85.6 cm³/mol. The maximum atomic E-state index is 11.7. The highest BCUT2D eigenvalue weighted by Gasteiger charge is 2.31. The smallest absolute Gasteiger partial charge is 0.246 e. The molecule has 136 valence electrons. The predicted octanol–water partition coefficient (Wildman–Crippen LogP) is 1.50. The molecule has 0 radical (unpaired) electrons. The first-order chi connectivity index (χ1) is 11.4. The summed E-state index contributed by atoms with van der Waals surface area (Å²) in [6, 6.07) is 0. The molecular formula is C15H25N3O5S. The molecular weight excluding hydrogens is 334 g/mol. The molecule has 1 aromatic rings. The molecule has 1 aromatic heterocycles. The number of ether oxygens (including phenoxy) is 2. The summed E-state index contributed by atoms with van der Waals surface area (Å²) in [6.07, 6.45) is 5.62. The third kappa shape index (κ3) is 4.33. The molecule has 3 unspecified atom stereocenters. The minimum Gasteiger partial charge on any atom is -0.420 e. The van der Waals surface area contributed by atoms with Gasteiger partial charge in [-0.15, -0.1) is 10.2 Å². The van der Waals surface area contributed by atoms with Crippen LogP contribution in [0.25, 0.3) is 0 Å². The topological polar surface area (TPSA) is 94.8 Å². The maximum Gasteiger partial charge on any atom is 0.246 e. The van der Waals surface area contributed by atoms with E-state index in [4.69, 9.17) is 13.9 Å². The van der Waals surface area contributed by atoms with Crippen LogP contribution in [0.4, 0.5) is 0 Å². The van der Waals surface area contributed by atoms with Crippen LogP contribution in [-0.4, -0.2) is 55.0 Å². The Morgan fingerprint density at radius 1 is 1.29 bits per heavy atom. The summed E-state index contributed by atoms with van der Waals surface area (Å²) >= 11 is 0. The zero-order chi connectivity index (χ0) is 17.2. The van der Waals surface area contributed by atoms with Crippen molar-refractivity contribution in [3.63, 3.8) is 0 Å². The lowest BCUT2D eigenvalue weighted by atomic mass is 9.88. The third-order valence-corrected chi connectivity index (χ3v) is 5.98. The van der Waals surface area contributed by atoms with Gasteiger partial charge in [0.25, 0.3) is 0 Å². The molecule has 1 aliphatic carbocycles. The van der Waals surface area contributed by atoms with Crippen molar-refractivity contribution in [2.75, 3.05) is 26.0 Å². The highest BCUT2D eigenvalue weighted by molar-refractivity contribution is 7.88. The molecule has 3 rings (SSSR count). The van der Waals surface area contributed by atoms with Crippen LogP contribution in [0.1, 0.15) is 50.5 Å². The maximum absolute atomic E-state index is 11.7. The van der Waals surface area contributed by atoms with Crippen molar-refractivity contribution < 1.29 is 22.3 Å². The van der Waals surface area contributed by atoms with E-state index in [9.17, 15) is 8.42 Å². The van der Waals surface area contributed by atoms with Gasteiger partial charge in [0.05, 0.1) is 19.0 Å². The summed E-state index contributed by atoms with van der Waals surface area (Å²) in [5, 5.41) is 7.99. The lowest BCUT2D eigenvalue weighted by molar-refractivity contribution is -0.0311. The number of morpholine rings is 1. The Hall–Kier alpha value is -1.03. The quantitative estimate of drug-likeness (QED) is 0.786. The number of hydrogen-bond acceptors (Lipinski definition) is 7. The summed E-state index contributed by atoms with van der Waals surface area (Å²) in [6.45, 7) is 3.34. The molecule has 1 saturated heterocycles. The average Bonchev–Trinajstić information content (AvgIpc) is 3.02. The van der Waals surface area contributed by atoms with Gasteiger partial charge in [-0.2, -0.15) is 4.31 Å². The summed E-state index contributed by atoms with van der Waals surface area (Å²) in [5.74, 6) is 1.26. The largest absolute Gasteiger partial charge is 0.420 e. The van der Waals surface area contributed by atoms with E-state index in [1.54, 1.807) is 0 Å². The molecule has 0 amide bonds. The monoisotopic (exact) mass is 359 g/mol. The second-order valence-electron chi connectivity index (χ2n) is 6.63. The Kier molecular flexibility index (Phi) is 5.53. The van der Waals surface area contributed by atoms with Crippen molar-refractivity contribution in [3.05, 3.63) is 11.8 Å². The van der Waals surface area contributed by atoms with Crippen LogP contribution in [0.15, 0.2) is 4.42 Å².